The van der Waals surface area contributed by atoms with E-state index in [1.165, 1.54) is 5.57 Å². The Balaban J connectivity index is 1.91. The molecule has 0 bridgehead atoms. The lowest BCUT2D eigenvalue weighted by atomic mass is 10.1. The van der Waals surface area contributed by atoms with Gasteiger partial charge < -0.3 is 23.9 Å². The molecular formula is C17H25NO5. The zero-order chi connectivity index (χ0) is 16.7. The molecule has 1 aliphatic rings. The molecule has 1 saturated heterocycles. The van der Waals surface area contributed by atoms with Crippen molar-refractivity contribution in [1.82, 2.24) is 5.32 Å². The van der Waals surface area contributed by atoms with E-state index in [1.807, 2.05) is 26.8 Å². The molecule has 0 unspecified atom stereocenters. The maximum absolute atomic E-state index is 12.3. The third kappa shape index (κ3) is 5.41. The number of amides is 1. The van der Waals surface area contributed by atoms with Crippen LogP contribution in [0, 0.1) is 0 Å². The average Bonchev–Trinajstić information content (AvgIpc) is 2.98. The molecule has 1 aromatic rings. The Bertz CT molecular complexity index is 533. The van der Waals surface area contributed by atoms with E-state index in [1.54, 1.807) is 12.1 Å². The average molecular weight is 323 g/mol. The van der Waals surface area contributed by atoms with Crippen molar-refractivity contribution in [2.24, 2.45) is 0 Å². The number of carbonyl (C=O) groups excluding carboxylic acids is 1. The molecule has 0 spiro atoms. The maximum atomic E-state index is 12.3. The van der Waals surface area contributed by atoms with Gasteiger partial charge in [0.25, 0.3) is 11.9 Å². The number of ether oxygens (including phenoxy) is 3. The lowest BCUT2D eigenvalue weighted by Crippen LogP contribution is -2.50. The van der Waals surface area contributed by atoms with Crippen molar-refractivity contribution in [3.05, 3.63) is 29.5 Å². The Labute approximate surface area is 136 Å². The second-order valence-electron chi connectivity index (χ2n) is 5.65. The zero-order valence-corrected chi connectivity index (χ0v) is 14.0. The molecule has 6 nitrogen and oxygen atoms in total. The molecular weight excluding hydrogens is 298 g/mol. The molecule has 1 fully saturated rings. The first-order chi connectivity index (χ1) is 11.1. The normalized spacial score (nSPS) is 20.8. The molecule has 0 radical (unpaired) electrons. The third-order valence-corrected chi connectivity index (χ3v) is 3.50. The highest BCUT2D eigenvalue weighted by Gasteiger charge is 2.28. The first-order valence-electron chi connectivity index (χ1n) is 7.96. The van der Waals surface area contributed by atoms with E-state index < -0.39 is 0 Å². The van der Waals surface area contributed by atoms with E-state index in [0.29, 0.717) is 32.4 Å². The smallest absolute Gasteiger partial charge is 0.287 e. The molecule has 1 aliphatic heterocycles. The summed E-state index contributed by atoms with van der Waals surface area (Å²) in [6.45, 7) is 8.01. The second-order valence-corrected chi connectivity index (χ2v) is 5.65. The van der Waals surface area contributed by atoms with Gasteiger partial charge in [0.2, 0.25) is 0 Å². The predicted octanol–water partition coefficient (Wildman–Crippen LogP) is 2.55. The van der Waals surface area contributed by atoms with E-state index in [9.17, 15) is 4.79 Å². The molecule has 0 aromatic carbocycles. The van der Waals surface area contributed by atoms with Crippen LogP contribution in [0.15, 0.2) is 28.2 Å². The third-order valence-electron chi connectivity index (χ3n) is 3.50. The van der Waals surface area contributed by atoms with Gasteiger partial charge in [-0.1, -0.05) is 11.6 Å². The minimum absolute atomic E-state index is 0.0652. The van der Waals surface area contributed by atoms with Gasteiger partial charge in [0.15, 0.2) is 5.76 Å². The highest BCUT2D eigenvalue weighted by molar-refractivity contribution is 5.91. The summed E-state index contributed by atoms with van der Waals surface area (Å²) in [5, 5.41) is 2.92. The van der Waals surface area contributed by atoms with Crippen molar-refractivity contribution in [2.45, 2.75) is 39.3 Å². The predicted molar refractivity (Wildman–Crippen MR) is 85.7 cm³/mol. The van der Waals surface area contributed by atoms with Gasteiger partial charge in [-0.2, -0.15) is 0 Å². The highest BCUT2D eigenvalue weighted by Crippen LogP contribution is 2.17. The van der Waals surface area contributed by atoms with Crippen LogP contribution in [0.4, 0.5) is 0 Å². The van der Waals surface area contributed by atoms with Crippen LogP contribution in [0.1, 0.15) is 37.7 Å². The number of furan rings is 1. The number of hydrogen-bond acceptors (Lipinski definition) is 5. The SMILES string of the molecule is CCOc1ccc(C(=O)N[C@@H]2COCC[C@@H]2OCC=C(C)C)o1. The largest absolute Gasteiger partial charge is 0.465 e. The van der Waals surface area contributed by atoms with Gasteiger partial charge in [0.1, 0.15) is 0 Å². The molecule has 6 heteroatoms. The topological polar surface area (TPSA) is 69.9 Å². The molecule has 0 aliphatic carbocycles. The number of rotatable bonds is 7. The van der Waals surface area contributed by atoms with E-state index in [0.717, 1.165) is 6.42 Å². The molecule has 1 N–H and O–H groups in total. The molecule has 2 rings (SSSR count). The van der Waals surface area contributed by atoms with E-state index in [2.05, 4.69) is 5.32 Å². The standard InChI is InChI=1S/C17H25NO5/c1-4-21-16-6-5-15(23-16)17(19)18-13-11-20-9-8-14(13)22-10-7-12(2)3/h5-7,13-14H,4,8-11H2,1-3H3,(H,18,19)/t13-,14+/m1/s1. The minimum atomic E-state index is -0.290. The maximum Gasteiger partial charge on any atom is 0.287 e. The fourth-order valence-electron chi connectivity index (χ4n) is 2.29. The highest BCUT2D eigenvalue weighted by atomic mass is 16.6. The van der Waals surface area contributed by atoms with Crippen LogP contribution in [0.25, 0.3) is 0 Å². The van der Waals surface area contributed by atoms with Crippen LogP contribution in [-0.2, 0) is 9.47 Å². The van der Waals surface area contributed by atoms with Gasteiger partial charge in [-0.25, -0.2) is 0 Å². The number of hydrogen-bond donors (Lipinski definition) is 1. The van der Waals surface area contributed by atoms with Gasteiger partial charge in [-0.3, -0.25) is 4.79 Å². The fraction of sp³-hybridized carbons (Fsp3) is 0.588. The second kappa shape index (κ2) is 8.74. The first-order valence-corrected chi connectivity index (χ1v) is 7.96. The molecule has 2 atom stereocenters. The summed E-state index contributed by atoms with van der Waals surface area (Å²) >= 11 is 0. The van der Waals surface area contributed by atoms with E-state index in [4.69, 9.17) is 18.6 Å². The quantitative estimate of drug-likeness (QED) is 0.781. The summed E-state index contributed by atoms with van der Waals surface area (Å²) in [6, 6.07) is 3.05. The summed E-state index contributed by atoms with van der Waals surface area (Å²) in [5.41, 5.74) is 1.21. The molecule has 1 aromatic heterocycles. The number of nitrogens with one attached hydrogen (secondary N) is 1. The minimum Gasteiger partial charge on any atom is -0.465 e. The number of allylic oxidation sites excluding steroid dienone is 1. The molecule has 2 heterocycles. The number of carbonyl (C=O) groups is 1. The van der Waals surface area contributed by atoms with Crippen LogP contribution in [0.5, 0.6) is 5.95 Å². The van der Waals surface area contributed by atoms with Crippen molar-refractivity contribution in [3.8, 4) is 5.95 Å². The zero-order valence-electron chi connectivity index (χ0n) is 14.0. The van der Waals surface area contributed by atoms with Crippen LogP contribution in [0.3, 0.4) is 0 Å². The van der Waals surface area contributed by atoms with Gasteiger partial charge >= 0.3 is 0 Å². The summed E-state index contributed by atoms with van der Waals surface area (Å²) in [4.78, 5) is 12.3. The molecule has 0 saturated carbocycles. The molecule has 128 valence electrons. The van der Waals surface area contributed by atoms with Crippen LogP contribution < -0.4 is 10.1 Å². The van der Waals surface area contributed by atoms with Crippen molar-refractivity contribution in [1.29, 1.82) is 0 Å². The van der Waals surface area contributed by atoms with Crippen LogP contribution >= 0.6 is 0 Å². The van der Waals surface area contributed by atoms with Crippen molar-refractivity contribution < 1.29 is 23.4 Å². The fourth-order valence-corrected chi connectivity index (χ4v) is 2.29. The van der Waals surface area contributed by atoms with Gasteiger partial charge in [-0.15, -0.1) is 0 Å². The monoisotopic (exact) mass is 323 g/mol. The van der Waals surface area contributed by atoms with E-state index in [-0.39, 0.29) is 23.8 Å². The Morgan fingerprint density at radius 3 is 3.00 bits per heavy atom. The first kappa shape index (κ1) is 17.6. The van der Waals surface area contributed by atoms with Gasteiger partial charge in [-0.05, 0) is 33.3 Å². The van der Waals surface area contributed by atoms with Gasteiger partial charge in [0.05, 0.1) is 32.0 Å². The summed E-state index contributed by atoms with van der Waals surface area (Å²) < 4.78 is 21.9. The lowest BCUT2D eigenvalue weighted by molar-refractivity contribution is -0.0459. The van der Waals surface area contributed by atoms with Crippen LogP contribution in [-0.4, -0.2) is 44.5 Å². The Kier molecular flexibility index (Phi) is 6.67. The van der Waals surface area contributed by atoms with Gasteiger partial charge in [0, 0.05) is 12.7 Å². The van der Waals surface area contributed by atoms with Crippen LogP contribution in [0.2, 0.25) is 0 Å². The lowest BCUT2D eigenvalue weighted by Gasteiger charge is -2.31. The Morgan fingerprint density at radius 2 is 2.26 bits per heavy atom. The van der Waals surface area contributed by atoms with E-state index >= 15 is 0 Å². The van der Waals surface area contributed by atoms with Crippen molar-refractivity contribution in [3.63, 3.8) is 0 Å². The summed E-state index contributed by atoms with van der Waals surface area (Å²) in [5.74, 6) is 0.276. The molecule has 23 heavy (non-hydrogen) atoms. The van der Waals surface area contributed by atoms with Crippen molar-refractivity contribution >= 4 is 5.91 Å². The molecule has 1 amide bonds. The Hall–Kier alpha value is -1.79. The Morgan fingerprint density at radius 1 is 1.43 bits per heavy atom. The van der Waals surface area contributed by atoms with Crippen molar-refractivity contribution in [2.75, 3.05) is 26.4 Å². The summed E-state index contributed by atoms with van der Waals surface area (Å²) in [7, 11) is 0. The summed E-state index contributed by atoms with van der Waals surface area (Å²) in [6.07, 6.45) is 2.71.